The molecule has 0 bridgehead atoms. The number of aliphatic hydroxyl groups excluding tert-OH is 1. The topological polar surface area (TPSA) is 94.4 Å². The summed E-state index contributed by atoms with van der Waals surface area (Å²) in [7, 11) is 0. The number of nitrogens with one attached hydrogen (secondary N) is 2. The number of nitrogens with zero attached hydrogens (tertiary/aromatic N) is 2. The van der Waals surface area contributed by atoms with E-state index < -0.39 is 29.7 Å². The second-order valence-corrected chi connectivity index (χ2v) is 11.9. The first kappa shape index (κ1) is 30.5. The Balaban J connectivity index is 1.29. The Morgan fingerprint density at radius 1 is 1.13 bits per heavy atom. The average molecular weight is 613 g/mol. The van der Waals surface area contributed by atoms with Crippen molar-refractivity contribution in [2.75, 3.05) is 18.0 Å². The van der Waals surface area contributed by atoms with Crippen LogP contribution in [-0.4, -0.2) is 46.2 Å². The third-order valence-electron chi connectivity index (χ3n) is 8.58. The van der Waals surface area contributed by atoms with Crippen molar-refractivity contribution in [1.29, 1.82) is 0 Å². The SMILES string of the molecule is CCCCN1CCCc2c(-c3ncco3)cc(C(=O)NC(Cc3cc(F)cc(F)c3)C(O)CCc3cc4ccccc4[nH]3)cc21. The fraction of sp³-hybridized carbons (Fsp3) is 0.333. The lowest BCUT2D eigenvalue weighted by molar-refractivity contribution is 0.0814. The lowest BCUT2D eigenvalue weighted by Gasteiger charge is -2.33. The van der Waals surface area contributed by atoms with E-state index in [4.69, 9.17) is 4.42 Å². The summed E-state index contributed by atoms with van der Waals surface area (Å²) in [6, 6.07) is 16.1. The summed E-state index contributed by atoms with van der Waals surface area (Å²) < 4.78 is 33.9. The van der Waals surface area contributed by atoms with Crippen LogP contribution in [0.1, 0.15) is 59.8 Å². The number of carbonyl (C=O) groups excluding carboxylic acids is 1. The van der Waals surface area contributed by atoms with E-state index in [1.807, 2.05) is 36.4 Å². The van der Waals surface area contributed by atoms with Crippen molar-refractivity contribution >= 4 is 22.5 Å². The Morgan fingerprint density at radius 2 is 1.96 bits per heavy atom. The Labute approximate surface area is 261 Å². The molecule has 7 nitrogen and oxygen atoms in total. The highest BCUT2D eigenvalue weighted by Crippen LogP contribution is 2.36. The standard InChI is InChI=1S/C36H38F2N4O3/c1-2-3-13-42-14-6-8-29-30(36-39-12-15-45-36)20-25(21-33(29)42)35(44)41-32(18-23-16-26(37)22-27(38)17-23)34(43)11-10-28-19-24-7-4-5-9-31(24)40-28/h4-5,7,9,12,15-17,19-22,32,34,40,43H,2-3,6,8,10-11,13-14,18H2,1H3,(H,41,44). The molecule has 9 heteroatoms. The van der Waals surface area contributed by atoms with Crippen LogP contribution in [0.4, 0.5) is 14.5 Å². The number of aliphatic hydroxyl groups is 1. The summed E-state index contributed by atoms with van der Waals surface area (Å²) >= 11 is 0. The maximum Gasteiger partial charge on any atom is 0.251 e. The lowest BCUT2D eigenvalue weighted by atomic mass is 9.92. The predicted molar refractivity (Wildman–Crippen MR) is 171 cm³/mol. The van der Waals surface area contributed by atoms with E-state index in [0.29, 0.717) is 29.9 Å². The number of hydrogen-bond donors (Lipinski definition) is 3. The Morgan fingerprint density at radius 3 is 2.71 bits per heavy atom. The molecule has 2 aromatic heterocycles. The minimum atomic E-state index is -0.989. The summed E-state index contributed by atoms with van der Waals surface area (Å²) in [6.45, 7) is 3.92. The lowest BCUT2D eigenvalue weighted by Crippen LogP contribution is -2.45. The van der Waals surface area contributed by atoms with Crippen LogP contribution in [0, 0.1) is 11.6 Å². The van der Waals surface area contributed by atoms with Crippen molar-refractivity contribution in [1.82, 2.24) is 15.3 Å². The van der Waals surface area contributed by atoms with Crippen LogP contribution in [0.5, 0.6) is 0 Å². The minimum absolute atomic E-state index is 0.0501. The minimum Gasteiger partial charge on any atom is -0.445 e. The number of aryl methyl sites for hydroxylation is 1. The molecular weight excluding hydrogens is 574 g/mol. The third-order valence-corrected chi connectivity index (χ3v) is 8.58. The number of rotatable bonds is 12. The zero-order valence-electron chi connectivity index (χ0n) is 25.4. The van der Waals surface area contributed by atoms with Crippen LogP contribution in [-0.2, 0) is 19.3 Å². The van der Waals surface area contributed by atoms with Gasteiger partial charge in [0.1, 0.15) is 17.9 Å². The maximum atomic E-state index is 14.1. The number of hydrogen-bond acceptors (Lipinski definition) is 5. The van der Waals surface area contributed by atoms with E-state index in [9.17, 15) is 18.7 Å². The number of para-hydroxylation sites is 1. The highest BCUT2D eigenvalue weighted by Gasteiger charge is 2.27. The Hall–Kier alpha value is -4.50. The van der Waals surface area contributed by atoms with E-state index in [2.05, 4.69) is 27.1 Å². The highest BCUT2D eigenvalue weighted by atomic mass is 19.1. The second-order valence-electron chi connectivity index (χ2n) is 11.9. The van der Waals surface area contributed by atoms with Gasteiger partial charge in [-0.2, -0.15) is 0 Å². The molecule has 1 aliphatic rings. The smallest absolute Gasteiger partial charge is 0.251 e. The Kier molecular flexibility index (Phi) is 9.26. The van der Waals surface area contributed by atoms with E-state index in [1.54, 1.807) is 12.3 Å². The van der Waals surface area contributed by atoms with Crippen molar-refractivity contribution in [3.05, 3.63) is 107 Å². The molecule has 3 heterocycles. The third kappa shape index (κ3) is 7.09. The number of halogens is 2. The molecule has 0 fully saturated rings. The Bertz CT molecular complexity index is 1710. The van der Waals surface area contributed by atoms with Gasteiger partial charge in [-0.1, -0.05) is 31.5 Å². The van der Waals surface area contributed by atoms with Crippen molar-refractivity contribution in [3.8, 4) is 11.5 Å². The fourth-order valence-corrected chi connectivity index (χ4v) is 6.32. The summed E-state index contributed by atoms with van der Waals surface area (Å²) in [5.74, 6) is -1.36. The molecule has 0 spiro atoms. The van der Waals surface area contributed by atoms with Gasteiger partial charge < -0.3 is 24.7 Å². The molecule has 1 aliphatic heterocycles. The molecule has 1 amide bonds. The summed E-state index contributed by atoms with van der Waals surface area (Å²) in [6.07, 6.45) is 6.93. The van der Waals surface area contributed by atoms with Gasteiger partial charge in [-0.05, 0) is 91.4 Å². The van der Waals surface area contributed by atoms with Crippen LogP contribution in [0.3, 0.4) is 0 Å². The average Bonchev–Trinajstić information content (AvgIpc) is 3.71. The monoisotopic (exact) mass is 612 g/mol. The van der Waals surface area contributed by atoms with Gasteiger partial charge >= 0.3 is 0 Å². The number of benzene rings is 3. The number of fused-ring (bicyclic) bond motifs is 2. The van der Waals surface area contributed by atoms with E-state index in [1.165, 1.54) is 18.4 Å². The predicted octanol–water partition coefficient (Wildman–Crippen LogP) is 6.99. The number of oxazole rings is 1. The molecule has 2 unspecified atom stereocenters. The first-order valence-corrected chi connectivity index (χ1v) is 15.7. The quantitative estimate of drug-likeness (QED) is 0.141. The molecular formula is C36H38F2N4O3. The molecule has 0 aliphatic carbocycles. The van der Waals surface area contributed by atoms with Crippen LogP contribution in [0.15, 0.2) is 77.5 Å². The first-order chi connectivity index (χ1) is 21.9. The van der Waals surface area contributed by atoms with E-state index >= 15 is 0 Å². The largest absolute Gasteiger partial charge is 0.445 e. The van der Waals surface area contributed by atoms with Crippen molar-refractivity contribution < 1.29 is 23.1 Å². The number of carbonyl (C=O) groups is 1. The van der Waals surface area contributed by atoms with Crippen molar-refractivity contribution in [2.45, 2.75) is 64.0 Å². The second kappa shape index (κ2) is 13.6. The molecule has 3 aromatic carbocycles. The van der Waals surface area contributed by atoms with Gasteiger partial charge in [0.15, 0.2) is 0 Å². The van der Waals surface area contributed by atoms with Crippen molar-refractivity contribution in [3.63, 3.8) is 0 Å². The number of H-pyrrole nitrogens is 1. The fourth-order valence-electron chi connectivity index (χ4n) is 6.32. The van der Waals surface area contributed by atoms with Crippen molar-refractivity contribution in [2.24, 2.45) is 0 Å². The number of unbranched alkanes of at least 4 members (excludes halogenated alkanes) is 1. The summed E-state index contributed by atoms with van der Waals surface area (Å²) in [4.78, 5) is 24.0. The molecule has 234 valence electrons. The molecule has 3 N–H and O–H groups in total. The van der Waals surface area contributed by atoms with Crippen LogP contribution in [0.2, 0.25) is 0 Å². The number of anilines is 1. The van der Waals surface area contributed by atoms with Crippen LogP contribution in [0.25, 0.3) is 22.4 Å². The van der Waals surface area contributed by atoms with Gasteiger partial charge in [-0.3, -0.25) is 4.79 Å². The number of aromatic nitrogens is 2. The normalized spacial score (nSPS) is 14.4. The highest BCUT2D eigenvalue weighted by molar-refractivity contribution is 5.97. The molecule has 0 radical (unpaired) electrons. The molecule has 0 saturated carbocycles. The van der Waals surface area contributed by atoms with Gasteiger partial charge in [0.25, 0.3) is 5.91 Å². The zero-order chi connectivity index (χ0) is 31.3. The summed E-state index contributed by atoms with van der Waals surface area (Å²) in [5, 5.41) is 15.5. The van der Waals surface area contributed by atoms with Gasteiger partial charge in [-0.15, -0.1) is 0 Å². The van der Waals surface area contributed by atoms with Gasteiger partial charge in [0.05, 0.1) is 18.3 Å². The van der Waals surface area contributed by atoms with Gasteiger partial charge in [0.2, 0.25) is 5.89 Å². The maximum absolute atomic E-state index is 14.1. The number of aromatic amines is 1. The van der Waals surface area contributed by atoms with Gasteiger partial charge in [0, 0.05) is 47.2 Å². The molecule has 6 rings (SSSR count). The van der Waals surface area contributed by atoms with Crippen LogP contribution < -0.4 is 10.2 Å². The van der Waals surface area contributed by atoms with Crippen LogP contribution >= 0.6 is 0 Å². The zero-order valence-corrected chi connectivity index (χ0v) is 25.4. The van der Waals surface area contributed by atoms with E-state index in [-0.39, 0.29) is 6.42 Å². The van der Waals surface area contributed by atoms with Gasteiger partial charge in [-0.25, -0.2) is 13.8 Å². The number of amides is 1. The summed E-state index contributed by atoms with van der Waals surface area (Å²) in [5.41, 5.74) is 5.56. The molecule has 45 heavy (non-hydrogen) atoms. The molecule has 2 atom stereocenters. The molecule has 5 aromatic rings. The first-order valence-electron chi connectivity index (χ1n) is 15.7. The molecule has 0 saturated heterocycles. The van der Waals surface area contributed by atoms with E-state index in [0.717, 1.165) is 78.3 Å².